The molecule has 1 amide bonds. The summed E-state index contributed by atoms with van der Waals surface area (Å²) in [5, 5.41) is 0.745. The molecule has 3 nitrogen and oxygen atoms in total. The Bertz CT molecular complexity index is 474. The highest BCUT2D eigenvalue weighted by atomic mass is 35.5. The van der Waals surface area contributed by atoms with Crippen LogP contribution in [0.2, 0.25) is 5.02 Å². The molecule has 1 aromatic rings. The number of hydrogen-bond donors (Lipinski definition) is 0. The Hall–Kier alpha value is -1.22. The lowest BCUT2D eigenvalue weighted by atomic mass is 10.1. The summed E-state index contributed by atoms with van der Waals surface area (Å²) >= 11 is 6.04. The van der Waals surface area contributed by atoms with Crippen molar-refractivity contribution in [2.24, 2.45) is 0 Å². The Morgan fingerprint density at radius 3 is 3.00 bits per heavy atom. The van der Waals surface area contributed by atoms with Crippen LogP contribution >= 0.6 is 11.6 Å². The maximum Gasteiger partial charge on any atom is 0.245 e. The van der Waals surface area contributed by atoms with Crippen molar-refractivity contribution in [3.63, 3.8) is 0 Å². The highest BCUT2D eigenvalue weighted by Gasteiger charge is 2.37. The van der Waals surface area contributed by atoms with Crippen LogP contribution in [0, 0.1) is 0 Å². The smallest absolute Gasteiger partial charge is 0.245 e. The molecule has 0 radical (unpaired) electrons. The molecule has 1 unspecified atom stereocenters. The van der Waals surface area contributed by atoms with E-state index < -0.39 is 0 Å². The number of carbonyl (C=O) groups is 1. The number of nitrogens with zero attached hydrogens (tertiary/aromatic N) is 2. The molecular weight excluding hydrogens is 236 g/mol. The third kappa shape index (κ3) is 1.69. The second kappa shape index (κ2) is 3.91. The van der Waals surface area contributed by atoms with E-state index in [0.717, 1.165) is 36.6 Å². The molecule has 2 aliphatic rings. The van der Waals surface area contributed by atoms with Gasteiger partial charge in [-0.05, 0) is 24.1 Å². The van der Waals surface area contributed by atoms with E-state index >= 15 is 0 Å². The van der Waals surface area contributed by atoms with Gasteiger partial charge in [0.1, 0.15) is 6.04 Å². The number of amides is 1. The molecule has 0 spiro atoms. The maximum atomic E-state index is 12.2. The number of anilines is 1. The van der Waals surface area contributed by atoms with Crippen LogP contribution in [0.15, 0.2) is 18.2 Å². The van der Waals surface area contributed by atoms with Crippen LogP contribution in [0.25, 0.3) is 0 Å². The first kappa shape index (κ1) is 10.9. The van der Waals surface area contributed by atoms with Crippen LogP contribution < -0.4 is 4.90 Å². The molecule has 2 aliphatic heterocycles. The molecule has 17 heavy (non-hydrogen) atoms. The standard InChI is InChI=1S/C13H15ClN2O/c1-15-5-2-6-16-11-8-10(14)4-3-9(11)7-12(16)13(15)17/h3-4,8,12H,2,5-7H2,1H3. The SMILES string of the molecule is CN1CCCN2c3cc(Cl)ccc3CC2C1=O. The highest BCUT2D eigenvalue weighted by molar-refractivity contribution is 6.30. The van der Waals surface area contributed by atoms with Crippen LogP contribution in [-0.2, 0) is 11.2 Å². The zero-order valence-corrected chi connectivity index (χ0v) is 10.6. The summed E-state index contributed by atoms with van der Waals surface area (Å²) in [4.78, 5) is 16.3. The quantitative estimate of drug-likeness (QED) is 0.703. The lowest BCUT2D eigenvalue weighted by Crippen LogP contribution is -2.42. The summed E-state index contributed by atoms with van der Waals surface area (Å²) < 4.78 is 0. The van der Waals surface area contributed by atoms with E-state index in [1.165, 1.54) is 5.56 Å². The van der Waals surface area contributed by atoms with Crippen molar-refractivity contribution >= 4 is 23.2 Å². The van der Waals surface area contributed by atoms with Gasteiger partial charge in [-0.3, -0.25) is 4.79 Å². The summed E-state index contributed by atoms with van der Waals surface area (Å²) in [5.74, 6) is 0.231. The van der Waals surface area contributed by atoms with Crippen molar-refractivity contribution in [1.29, 1.82) is 0 Å². The predicted molar refractivity (Wildman–Crippen MR) is 68.5 cm³/mol. The second-order valence-corrected chi connectivity index (χ2v) is 5.24. The molecule has 0 N–H and O–H groups in total. The molecule has 0 aliphatic carbocycles. The van der Waals surface area contributed by atoms with Crippen molar-refractivity contribution in [2.45, 2.75) is 18.9 Å². The van der Waals surface area contributed by atoms with E-state index in [9.17, 15) is 4.79 Å². The second-order valence-electron chi connectivity index (χ2n) is 4.80. The van der Waals surface area contributed by atoms with Crippen molar-refractivity contribution < 1.29 is 4.79 Å². The molecular formula is C13H15ClN2O. The summed E-state index contributed by atoms with van der Waals surface area (Å²) in [6, 6.07) is 5.91. The number of benzene rings is 1. The van der Waals surface area contributed by atoms with Gasteiger partial charge in [0.25, 0.3) is 0 Å². The van der Waals surface area contributed by atoms with Crippen molar-refractivity contribution in [3.05, 3.63) is 28.8 Å². The largest absolute Gasteiger partial charge is 0.359 e. The molecule has 4 heteroatoms. The predicted octanol–water partition coefficient (Wildman–Crippen LogP) is 1.93. The van der Waals surface area contributed by atoms with E-state index in [2.05, 4.69) is 4.90 Å². The summed E-state index contributed by atoms with van der Waals surface area (Å²) in [6.45, 7) is 1.79. The van der Waals surface area contributed by atoms with Gasteiger partial charge in [-0.15, -0.1) is 0 Å². The molecule has 1 aromatic carbocycles. The Morgan fingerprint density at radius 1 is 1.35 bits per heavy atom. The fourth-order valence-corrected chi connectivity index (χ4v) is 2.97. The fraction of sp³-hybridized carbons (Fsp3) is 0.462. The number of rotatable bonds is 0. The average Bonchev–Trinajstić information content (AvgIpc) is 2.60. The Kier molecular flexibility index (Phi) is 2.51. The van der Waals surface area contributed by atoms with E-state index in [1.54, 1.807) is 0 Å². The first-order valence-electron chi connectivity index (χ1n) is 5.97. The van der Waals surface area contributed by atoms with Gasteiger partial charge in [-0.1, -0.05) is 17.7 Å². The van der Waals surface area contributed by atoms with Gasteiger partial charge >= 0.3 is 0 Å². The first-order valence-corrected chi connectivity index (χ1v) is 6.34. The topological polar surface area (TPSA) is 23.6 Å². The molecule has 0 bridgehead atoms. The molecule has 3 rings (SSSR count). The summed E-state index contributed by atoms with van der Waals surface area (Å²) in [5.41, 5.74) is 2.38. The molecule has 1 saturated heterocycles. The lowest BCUT2D eigenvalue weighted by Gasteiger charge is -2.24. The molecule has 0 aromatic heterocycles. The number of carbonyl (C=O) groups excluding carboxylic acids is 1. The lowest BCUT2D eigenvalue weighted by molar-refractivity contribution is -0.130. The average molecular weight is 251 g/mol. The van der Waals surface area contributed by atoms with Gasteiger partial charge in [-0.25, -0.2) is 0 Å². The normalized spacial score (nSPS) is 23.4. The van der Waals surface area contributed by atoms with Crippen LogP contribution in [-0.4, -0.2) is 37.0 Å². The van der Waals surface area contributed by atoms with Crippen molar-refractivity contribution in [2.75, 3.05) is 25.0 Å². The number of halogens is 1. The number of hydrogen-bond acceptors (Lipinski definition) is 2. The van der Waals surface area contributed by atoms with Gasteiger partial charge in [0, 0.05) is 37.3 Å². The minimum Gasteiger partial charge on any atom is -0.359 e. The first-order chi connectivity index (χ1) is 8.16. The van der Waals surface area contributed by atoms with E-state index in [1.807, 2.05) is 30.1 Å². The van der Waals surface area contributed by atoms with Crippen LogP contribution in [0.4, 0.5) is 5.69 Å². The van der Waals surface area contributed by atoms with Crippen LogP contribution in [0.3, 0.4) is 0 Å². The zero-order chi connectivity index (χ0) is 12.0. The van der Waals surface area contributed by atoms with Gasteiger partial charge in [0.15, 0.2) is 0 Å². The zero-order valence-electron chi connectivity index (χ0n) is 9.82. The van der Waals surface area contributed by atoms with Gasteiger partial charge in [0.2, 0.25) is 5.91 Å². The Balaban J connectivity index is 2.01. The van der Waals surface area contributed by atoms with Crippen LogP contribution in [0.5, 0.6) is 0 Å². The maximum absolute atomic E-state index is 12.2. The highest BCUT2D eigenvalue weighted by Crippen LogP contribution is 2.35. The minimum atomic E-state index is -0.0176. The third-order valence-electron chi connectivity index (χ3n) is 3.70. The molecule has 90 valence electrons. The Labute approximate surface area is 106 Å². The number of likely N-dealkylation sites (N-methyl/N-ethyl adjacent to an activating group) is 1. The van der Waals surface area contributed by atoms with Crippen LogP contribution in [0.1, 0.15) is 12.0 Å². The summed E-state index contributed by atoms with van der Waals surface area (Å²) in [6.07, 6.45) is 1.83. The molecule has 0 saturated carbocycles. The molecule has 1 atom stereocenters. The minimum absolute atomic E-state index is 0.0176. The monoisotopic (exact) mass is 250 g/mol. The van der Waals surface area contributed by atoms with Gasteiger partial charge in [-0.2, -0.15) is 0 Å². The van der Waals surface area contributed by atoms with E-state index in [-0.39, 0.29) is 11.9 Å². The number of fused-ring (bicyclic) bond motifs is 3. The fourth-order valence-electron chi connectivity index (χ4n) is 2.80. The molecule has 1 fully saturated rings. The molecule has 2 heterocycles. The van der Waals surface area contributed by atoms with Gasteiger partial charge in [0.05, 0.1) is 0 Å². The van der Waals surface area contributed by atoms with Crippen molar-refractivity contribution in [3.8, 4) is 0 Å². The van der Waals surface area contributed by atoms with E-state index in [4.69, 9.17) is 11.6 Å². The summed E-state index contributed by atoms with van der Waals surface area (Å²) in [7, 11) is 1.89. The third-order valence-corrected chi connectivity index (χ3v) is 3.94. The van der Waals surface area contributed by atoms with Gasteiger partial charge < -0.3 is 9.80 Å². The Morgan fingerprint density at radius 2 is 2.18 bits per heavy atom. The van der Waals surface area contributed by atoms with Crippen molar-refractivity contribution in [1.82, 2.24) is 4.90 Å². The van der Waals surface area contributed by atoms with E-state index in [0.29, 0.717) is 0 Å².